The van der Waals surface area contributed by atoms with Crippen molar-refractivity contribution in [1.82, 2.24) is 9.88 Å². The number of hydrogen-bond acceptors (Lipinski definition) is 1. The fourth-order valence-electron chi connectivity index (χ4n) is 2.70. The number of likely N-dealkylation sites (N-methyl/N-ethyl adjacent to an activating group) is 1. The van der Waals surface area contributed by atoms with Gasteiger partial charge < -0.3 is 9.88 Å². The molecule has 3 rings (SSSR count). The Balaban J connectivity index is 2.19. The summed E-state index contributed by atoms with van der Waals surface area (Å²) in [5.41, 5.74) is 3.47. The Bertz CT molecular complexity index is 639. The number of H-pyrrole nitrogens is 1. The van der Waals surface area contributed by atoms with E-state index in [1.807, 2.05) is 30.2 Å². The number of carbonyl (C=O) groups is 1. The van der Waals surface area contributed by atoms with Crippen molar-refractivity contribution in [1.29, 1.82) is 0 Å². The Hall–Kier alpha value is -2.03. The minimum Gasteiger partial charge on any atom is -0.358 e. The highest BCUT2D eigenvalue weighted by Crippen LogP contribution is 2.33. The molecule has 0 saturated carbocycles. The van der Waals surface area contributed by atoms with E-state index in [1.54, 1.807) is 0 Å². The average molecular weight is 240 g/mol. The van der Waals surface area contributed by atoms with Crippen molar-refractivity contribution in [2.45, 2.75) is 19.4 Å². The van der Waals surface area contributed by atoms with Gasteiger partial charge in [-0.05, 0) is 13.0 Å². The van der Waals surface area contributed by atoms with Crippen LogP contribution in [0, 0.1) is 6.92 Å². The molecule has 0 saturated heterocycles. The topological polar surface area (TPSA) is 36.1 Å². The van der Waals surface area contributed by atoms with Crippen molar-refractivity contribution in [3.05, 3.63) is 47.7 Å². The number of benzene rings is 1. The van der Waals surface area contributed by atoms with Crippen LogP contribution in [0.1, 0.15) is 23.7 Å². The Kier molecular flexibility index (Phi) is 2.47. The SMILES string of the molecule is Cc1[nH]c2ccccc2c1C1C=CCC(=O)N1C. The van der Waals surface area contributed by atoms with Crippen LogP contribution in [0.15, 0.2) is 36.4 Å². The quantitative estimate of drug-likeness (QED) is 0.764. The second kappa shape index (κ2) is 4.02. The molecule has 3 heteroatoms. The first-order valence-electron chi connectivity index (χ1n) is 6.18. The van der Waals surface area contributed by atoms with Gasteiger partial charge in [-0.2, -0.15) is 0 Å². The number of hydrogen-bond donors (Lipinski definition) is 1. The number of fused-ring (bicyclic) bond motifs is 1. The van der Waals surface area contributed by atoms with Crippen LogP contribution < -0.4 is 0 Å². The van der Waals surface area contributed by atoms with E-state index in [-0.39, 0.29) is 11.9 Å². The third-order valence-electron chi connectivity index (χ3n) is 3.66. The molecule has 3 nitrogen and oxygen atoms in total. The Morgan fingerprint density at radius 3 is 2.94 bits per heavy atom. The number of carbonyl (C=O) groups excluding carboxylic acids is 1. The molecule has 1 unspecified atom stereocenters. The molecule has 92 valence electrons. The van der Waals surface area contributed by atoms with Crippen LogP contribution in [0.25, 0.3) is 10.9 Å². The Morgan fingerprint density at radius 2 is 2.11 bits per heavy atom. The van der Waals surface area contributed by atoms with Crippen molar-refractivity contribution in [3.63, 3.8) is 0 Å². The highest BCUT2D eigenvalue weighted by Gasteiger charge is 2.25. The predicted molar refractivity (Wildman–Crippen MR) is 72.3 cm³/mol. The van der Waals surface area contributed by atoms with Gasteiger partial charge in [-0.25, -0.2) is 0 Å². The molecule has 0 radical (unpaired) electrons. The number of para-hydroxylation sites is 1. The first-order chi connectivity index (χ1) is 8.68. The summed E-state index contributed by atoms with van der Waals surface area (Å²) in [7, 11) is 1.87. The van der Waals surface area contributed by atoms with E-state index in [9.17, 15) is 4.79 Å². The highest BCUT2D eigenvalue weighted by atomic mass is 16.2. The van der Waals surface area contributed by atoms with Gasteiger partial charge in [0.15, 0.2) is 0 Å². The summed E-state index contributed by atoms with van der Waals surface area (Å²) in [6.45, 7) is 2.07. The lowest BCUT2D eigenvalue weighted by molar-refractivity contribution is -0.130. The molecule has 1 aliphatic rings. The van der Waals surface area contributed by atoms with Gasteiger partial charge in [0.1, 0.15) is 0 Å². The van der Waals surface area contributed by atoms with Crippen LogP contribution in [0.3, 0.4) is 0 Å². The first-order valence-corrected chi connectivity index (χ1v) is 6.18. The molecule has 1 aromatic carbocycles. The van der Waals surface area contributed by atoms with E-state index in [0.717, 1.165) is 11.2 Å². The lowest BCUT2D eigenvalue weighted by atomic mass is 9.98. The molecule has 2 heterocycles. The van der Waals surface area contributed by atoms with Crippen LogP contribution in [0.5, 0.6) is 0 Å². The second-order valence-corrected chi connectivity index (χ2v) is 4.79. The van der Waals surface area contributed by atoms with Crippen LogP contribution in [-0.4, -0.2) is 22.8 Å². The summed E-state index contributed by atoms with van der Waals surface area (Å²) in [6.07, 6.45) is 4.59. The molecule has 18 heavy (non-hydrogen) atoms. The van der Waals surface area contributed by atoms with E-state index in [0.29, 0.717) is 6.42 Å². The molecule has 1 amide bonds. The van der Waals surface area contributed by atoms with Crippen molar-refractivity contribution in [2.24, 2.45) is 0 Å². The van der Waals surface area contributed by atoms with Crippen LogP contribution >= 0.6 is 0 Å². The zero-order valence-electron chi connectivity index (χ0n) is 10.6. The molecule has 0 spiro atoms. The van der Waals surface area contributed by atoms with E-state index >= 15 is 0 Å². The number of aromatic amines is 1. The Morgan fingerprint density at radius 1 is 1.33 bits per heavy atom. The van der Waals surface area contributed by atoms with Crippen LogP contribution in [0.4, 0.5) is 0 Å². The molecule has 1 aromatic heterocycles. The lowest BCUT2D eigenvalue weighted by Gasteiger charge is -2.29. The van der Waals surface area contributed by atoms with Gasteiger partial charge in [0, 0.05) is 35.6 Å². The van der Waals surface area contributed by atoms with Crippen molar-refractivity contribution in [3.8, 4) is 0 Å². The van der Waals surface area contributed by atoms with Crippen LogP contribution in [0.2, 0.25) is 0 Å². The number of aromatic nitrogens is 1. The number of amides is 1. The fraction of sp³-hybridized carbons (Fsp3) is 0.267. The van der Waals surface area contributed by atoms with E-state index in [2.05, 4.69) is 30.1 Å². The third-order valence-corrected chi connectivity index (χ3v) is 3.66. The number of nitrogens with zero attached hydrogens (tertiary/aromatic N) is 1. The maximum atomic E-state index is 11.8. The lowest BCUT2D eigenvalue weighted by Crippen LogP contribution is -2.32. The van der Waals surface area contributed by atoms with Crippen molar-refractivity contribution < 1.29 is 4.79 Å². The van der Waals surface area contributed by atoms with Gasteiger partial charge in [0.05, 0.1) is 6.04 Å². The average Bonchev–Trinajstić information content (AvgIpc) is 2.69. The first kappa shape index (κ1) is 11.1. The summed E-state index contributed by atoms with van der Waals surface area (Å²) in [6, 6.07) is 8.28. The van der Waals surface area contributed by atoms with Gasteiger partial charge in [0.2, 0.25) is 5.91 Å². The van der Waals surface area contributed by atoms with Crippen molar-refractivity contribution in [2.75, 3.05) is 7.05 Å². The van der Waals surface area contributed by atoms with E-state index < -0.39 is 0 Å². The molecular formula is C15H16N2O. The van der Waals surface area contributed by atoms with Gasteiger partial charge in [-0.15, -0.1) is 0 Å². The summed E-state index contributed by atoms with van der Waals surface area (Å²) in [5.74, 6) is 0.173. The standard InChI is InChI=1S/C15H16N2O/c1-10-15(11-6-3-4-7-12(11)16-10)13-8-5-9-14(18)17(13)2/h3-8,13,16H,9H2,1-2H3. The van der Waals surface area contributed by atoms with E-state index in [4.69, 9.17) is 0 Å². The molecular weight excluding hydrogens is 224 g/mol. The molecule has 1 N–H and O–H groups in total. The largest absolute Gasteiger partial charge is 0.358 e. The molecule has 0 bridgehead atoms. The normalized spacial score (nSPS) is 19.8. The van der Waals surface area contributed by atoms with Gasteiger partial charge in [-0.1, -0.05) is 30.4 Å². The van der Waals surface area contributed by atoms with Crippen LogP contribution in [-0.2, 0) is 4.79 Å². The predicted octanol–water partition coefficient (Wildman–Crippen LogP) is 2.94. The maximum Gasteiger partial charge on any atom is 0.226 e. The second-order valence-electron chi connectivity index (χ2n) is 4.79. The number of nitrogens with one attached hydrogen (secondary N) is 1. The van der Waals surface area contributed by atoms with Crippen molar-refractivity contribution >= 4 is 16.8 Å². The molecule has 2 aromatic rings. The molecule has 0 aliphatic carbocycles. The maximum absolute atomic E-state index is 11.8. The summed E-state index contributed by atoms with van der Waals surface area (Å²) in [4.78, 5) is 17.0. The summed E-state index contributed by atoms with van der Waals surface area (Å²) in [5, 5.41) is 1.20. The molecule has 1 atom stereocenters. The van der Waals surface area contributed by atoms with Gasteiger partial charge in [-0.3, -0.25) is 4.79 Å². The number of aryl methyl sites for hydroxylation is 1. The Labute approximate surface area is 106 Å². The highest BCUT2D eigenvalue weighted by molar-refractivity contribution is 5.87. The zero-order valence-corrected chi connectivity index (χ0v) is 10.6. The fourth-order valence-corrected chi connectivity index (χ4v) is 2.70. The smallest absolute Gasteiger partial charge is 0.226 e. The molecule has 1 aliphatic heterocycles. The minimum atomic E-state index is 0.0439. The summed E-state index contributed by atoms with van der Waals surface area (Å²) >= 11 is 0. The minimum absolute atomic E-state index is 0.0439. The van der Waals surface area contributed by atoms with Gasteiger partial charge >= 0.3 is 0 Å². The molecule has 0 fully saturated rings. The van der Waals surface area contributed by atoms with Gasteiger partial charge in [0.25, 0.3) is 0 Å². The zero-order chi connectivity index (χ0) is 12.7. The monoisotopic (exact) mass is 240 g/mol. The number of rotatable bonds is 1. The third kappa shape index (κ3) is 1.55. The van der Waals surface area contributed by atoms with E-state index in [1.165, 1.54) is 10.9 Å². The summed E-state index contributed by atoms with van der Waals surface area (Å²) < 4.78 is 0.